The van der Waals surface area contributed by atoms with E-state index in [1.54, 1.807) is 12.4 Å². The zero-order valence-electron chi connectivity index (χ0n) is 8.18. The van der Waals surface area contributed by atoms with Gasteiger partial charge in [0.2, 0.25) is 0 Å². The van der Waals surface area contributed by atoms with Gasteiger partial charge in [0.25, 0.3) is 0 Å². The first-order valence-electron chi connectivity index (χ1n) is 4.77. The van der Waals surface area contributed by atoms with E-state index in [-0.39, 0.29) is 0 Å². The fourth-order valence-electron chi connectivity index (χ4n) is 2.00. The van der Waals surface area contributed by atoms with E-state index < -0.39 is 15.5 Å². The molecule has 1 aliphatic rings. The van der Waals surface area contributed by atoms with Crippen molar-refractivity contribution in [3.8, 4) is 0 Å². The van der Waals surface area contributed by atoms with Crippen molar-refractivity contribution in [3.05, 3.63) is 30.1 Å². The number of thiocarbonyl (C=S) groups is 1. The molecule has 15 heavy (non-hydrogen) atoms. The van der Waals surface area contributed by atoms with E-state index in [2.05, 4.69) is 4.98 Å². The standard InChI is InChI=1S/C10H12N2OS2/c11-9(14)10(4-2-6-15(10)13)8-3-1-5-12-7-8/h1,3,5,7H,2,4,6H2,(H2,11,14). The van der Waals surface area contributed by atoms with Gasteiger partial charge in [-0.25, -0.2) is 0 Å². The molecule has 1 saturated heterocycles. The Morgan fingerprint density at radius 3 is 2.93 bits per heavy atom. The first-order chi connectivity index (χ1) is 7.18. The number of rotatable bonds is 2. The summed E-state index contributed by atoms with van der Waals surface area (Å²) < 4.78 is 11.4. The van der Waals surface area contributed by atoms with Gasteiger partial charge in [0.15, 0.2) is 0 Å². The Labute approximate surface area is 96.5 Å². The Morgan fingerprint density at radius 2 is 2.47 bits per heavy atom. The molecule has 0 radical (unpaired) electrons. The molecular formula is C10H12N2OS2. The summed E-state index contributed by atoms with van der Waals surface area (Å²) in [6, 6.07) is 3.72. The number of nitrogens with zero attached hydrogens (tertiary/aromatic N) is 1. The fraction of sp³-hybridized carbons (Fsp3) is 0.400. The minimum atomic E-state index is -1.01. The second-order valence-electron chi connectivity index (χ2n) is 3.59. The quantitative estimate of drug-likeness (QED) is 0.787. The molecule has 80 valence electrons. The minimum Gasteiger partial charge on any atom is -0.392 e. The first-order valence-corrected chi connectivity index (χ1v) is 6.49. The molecule has 2 rings (SSSR count). The normalized spacial score (nSPS) is 30.3. The largest absolute Gasteiger partial charge is 0.392 e. The number of hydrogen-bond donors (Lipinski definition) is 1. The van der Waals surface area contributed by atoms with Crippen molar-refractivity contribution in [1.82, 2.24) is 4.98 Å². The van der Waals surface area contributed by atoms with E-state index in [4.69, 9.17) is 18.0 Å². The zero-order chi connectivity index (χ0) is 10.9. The highest BCUT2D eigenvalue weighted by Crippen LogP contribution is 2.38. The summed E-state index contributed by atoms with van der Waals surface area (Å²) in [7, 11) is -1.01. The lowest BCUT2D eigenvalue weighted by atomic mass is 9.95. The molecule has 0 aromatic carbocycles. The molecule has 2 atom stereocenters. The van der Waals surface area contributed by atoms with E-state index >= 15 is 0 Å². The summed E-state index contributed by atoms with van der Waals surface area (Å²) in [5, 5.41) is 0. The molecular weight excluding hydrogens is 228 g/mol. The number of hydrogen-bond acceptors (Lipinski definition) is 3. The van der Waals surface area contributed by atoms with Gasteiger partial charge in [-0.2, -0.15) is 0 Å². The average Bonchev–Trinajstić information content (AvgIpc) is 2.62. The first kappa shape index (κ1) is 10.7. The van der Waals surface area contributed by atoms with Gasteiger partial charge in [-0.05, 0) is 24.5 Å². The van der Waals surface area contributed by atoms with Crippen molar-refractivity contribution in [2.45, 2.75) is 17.6 Å². The van der Waals surface area contributed by atoms with Crippen molar-refractivity contribution in [1.29, 1.82) is 0 Å². The van der Waals surface area contributed by atoms with Crippen molar-refractivity contribution in [3.63, 3.8) is 0 Å². The Morgan fingerprint density at radius 1 is 1.67 bits per heavy atom. The highest BCUT2D eigenvalue weighted by molar-refractivity contribution is 7.90. The van der Waals surface area contributed by atoms with Crippen LogP contribution in [0.4, 0.5) is 0 Å². The maximum Gasteiger partial charge on any atom is 0.122 e. The molecule has 2 heterocycles. The second kappa shape index (κ2) is 3.98. The summed E-state index contributed by atoms with van der Waals surface area (Å²) in [6.07, 6.45) is 5.07. The van der Waals surface area contributed by atoms with E-state index in [9.17, 15) is 4.21 Å². The van der Waals surface area contributed by atoms with Crippen LogP contribution in [0.3, 0.4) is 0 Å². The monoisotopic (exact) mass is 240 g/mol. The molecule has 1 aromatic rings. The molecule has 0 saturated carbocycles. The van der Waals surface area contributed by atoms with Crippen LogP contribution < -0.4 is 5.73 Å². The Bertz CT molecular complexity index is 407. The highest BCUT2D eigenvalue weighted by Gasteiger charge is 2.45. The van der Waals surface area contributed by atoms with Crippen LogP contribution in [-0.2, 0) is 15.5 Å². The van der Waals surface area contributed by atoms with Crippen molar-refractivity contribution in [2.24, 2.45) is 5.73 Å². The van der Waals surface area contributed by atoms with Gasteiger partial charge < -0.3 is 5.73 Å². The highest BCUT2D eigenvalue weighted by atomic mass is 32.2. The lowest BCUT2D eigenvalue weighted by Gasteiger charge is -2.26. The molecule has 1 aromatic heterocycles. The van der Waals surface area contributed by atoms with Gasteiger partial charge in [-0.15, -0.1) is 0 Å². The van der Waals surface area contributed by atoms with Crippen LogP contribution in [0.25, 0.3) is 0 Å². The number of aromatic nitrogens is 1. The van der Waals surface area contributed by atoms with Crippen LogP contribution in [0.5, 0.6) is 0 Å². The third-order valence-corrected chi connectivity index (χ3v) is 5.35. The summed E-state index contributed by atoms with van der Waals surface area (Å²) >= 11 is 5.08. The van der Waals surface area contributed by atoms with Crippen molar-refractivity contribution >= 4 is 28.0 Å². The molecule has 2 unspecified atom stereocenters. The lowest BCUT2D eigenvalue weighted by molar-refractivity contribution is 0.663. The van der Waals surface area contributed by atoms with Gasteiger partial charge in [-0.3, -0.25) is 9.19 Å². The van der Waals surface area contributed by atoms with Crippen LogP contribution in [-0.4, -0.2) is 19.9 Å². The topological polar surface area (TPSA) is 56.0 Å². The van der Waals surface area contributed by atoms with Crippen LogP contribution in [0, 0.1) is 0 Å². The summed E-state index contributed by atoms with van der Waals surface area (Å²) in [6.45, 7) is 0. The van der Waals surface area contributed by atoms with Crippen molar-refractivity contribution < 1.29 is 4.21 Å². The summed E-state index contributed by atoms with van der Waals surface area (Å²) in [4.78, 5) is 4.37. The van der Waals surface area contributed by atoms with E-state index in [0.717, 1.165) is 18.4 Å². The second-order valence-corrected chi connectivity index (χ2v) is 5.82. The smallest absolute Gasteiger partial charge is 0.122 e. The molecule has 0 bridgehead atoms. The van der Waals surface area contributed by atoms with Crippen molar-refractivity contribution in [2.75, 3.05) is 5.75 Å². The predicted molar refractivity (Wildman–Crippen MR) is 64.9 cm³/mol. The predicted octanol–water partition coefficient (Wildman–Crippen LogP) is 1.11. The SMILES string of the molecule is NC(=S)C1(c2cccnc2)CCCS1=O. The van der Waals surface area contributed by atoms with Crippen LogP contribution in [0.1, 0.15) is 18.4 Å². The van der Waals surface area contributed by atoms with E-state index in [1.807, 2.05) is 12.1 Å². The Hall–Kier alpha value is -0.810. The van der Waals surface area contributed by atoms with Gasteiger partial charge in [0.1, 0.15) is 4.75 Å². The molecule has 5 heteroatoms. The molecule has 0 amide bonds. The number of nitrogens with two attached hydrogens (primary N) is 1. The van der Waals surface area contributed by atoms with Crippen LogP contribution in [0.2, 0.25) is 0 Å². The Balaban J connectivity index is 2.53. The summed E-state index contributed by atoms with van der Waals surface area (Å²) in [5.74, 6) is 0.673. The zero-order valence-corrected chi connectivity index (χ0v) is 9.81. The lowest BCUT2D eigenvalue weighted by Crippen LogP contribution is -2.40. The summed E-state index contributed by atoms with van der Waals surface area (Å²) in [5.41, 5.74) is 6.65. The maximum absolute atomic E-state index is 12.1. The third-order valence-electron chi connectivity index (χ3n) is 2.77. The molecule has 1 fully saturated rings. The third kappa shape index (κ3) is 1.59. The van der Waals surface area contributed by atoms with Crippen LogP contribution >= 0.6 is 12.2 Å². The maximum atomic E-state index is 12.1. The van der Waals surface area contributed by atoms with Gasteiger partial charge in [0, 0.05) is 28.9 Å². The van der Waals surface area contributed by atoms with Gasteiger partial charge in [0.05, 0.1) is 4.99 Å². The van der Waals surface area contributed by atoms with E-state index in [0.29, 0.717) is 10.7 Å². The average molecular weight is 240 g/mol. The fourth-order valence-corrected chi connectivity index (χ4v) is 4.23. The number of pyridine rings is 1. The molecule has 2 N–H and O–H groups in total. The minimum absolute atomic E-state index is 0.325. The van der Waals surface area contributed by atoms with E-state index in [1.165, 1.54) is 0 Å². The molecule has 1 aliphatic heterocycles. The van der Waals surface area contributed by atoms with Gasteiger partial charge >= 0.3 is 0 Å². The molecule has 0 aliphatic carbocycles. The molecule has 0 spiro atoms. The van der Waals surface area contributed by atoms with Gasteiger partial charge in [-0.1, -0.05) is 18.3 Å². The Kier molecular flexibility index (Phi) is 2.84. The molecule has 3 nitrogen and oxygen atoms in total. The van der Waals surface area contributed by atoms with Crippen LogP contribution in [0.15, 0.2) is 24.5 Å².